The Labute approximate surface area is 279 Å². The molecule has 274 valence electrons. The van der Waals surface area contributed by atoms with E-state index in [1.54, 1.807) is 0 Å². The van der Waals surface area contributed by atoms with E-state index in [4.69, 9.17) is 19.7 Å². The van der Waals surface area contributed by atoms with E-state index in [0.717, 1.165) is 19.3 Å². The summed E-state index contributed by atoms with van der Waals surface area (Å²) in [5.74, 6) is -7.78. The molecule has 8 N–H and O–H groups in total. The minimum atomic E-state index is -1.54. The van der Waals surface area contributed by atoms with Crippen LogP contribution in [-0.4, -0.2) is 121 Å². The van der Waals surface area contributed by atoms with Gasteiger partial charge in [-0.1, -0.05) is 26.2 Å². The molecule has 0 aliphatic carbocycles. The summed E-state index contributed by atoms with van der Waals surface area (Å²) in [5.41, 5.74) is 0. The number of aliphatic carboxylic acids is 3. The first kappa shape index (κ1) is 43.7. The summed E-state index contributed by atoms with van der Waals surface area (Å²) in [5, 5.41) is 39.9. The van der Waals surface area contributed by atoms with Gasteiger partial charge < -0.3 is 51.4 Å². The maximum atomic E-state index is 13.5. The standard InChI is InChI=1S/C30H51N5O13/c1-4-5-6-7-16-32-27(43)20(9-13-24(38)39)33-29(45)21(10-14-25(40)41)35-30(46)22(11-15-26(42)48-18-17-47-3)34-28(44)19(31-2)8-12-23(36)37/h19-22,31H,4-18H2,1-3H3,(H,32,43)(H,33,45)(H,34,44)(H,35,46)(H,36,37)(H,38,39)(H,40,41). The number of hydrogen-bond acceptors (Lipinski definition) is 11. The number of rotatable bonds is 28. The number of hydrogen-bond donors (Lipinski definition) is 8. The lowest BCUT2D eigenvalue weighted by Gasteiger charge is -2.26. The second kappa shape index (κ2) is 25.7. The molecule has 0 heterocycles. The fraction of sp³-hybridized carbons (Fsp3) is 0.733. The minimum absolute atomic E-state index is 0.0671. The number of unbranched alkanes of at least 4 members (excludes halogenated alkanes) is 3. The average Bonchev–Trinajstić information content (AvgIpc) is 3.02. The van der Waals surface area contributed by atoms with Gasteiger partial charge in [0, 0.05) is 39.3 Å². The van der Waals surface area contributed by atoms with Gasteiger partial charge in [0.15, 0.2) is 0 Å². The van der Waals surface area contributed by atoms with Gasteiger partial charge in [-0.2, -0.15) is 0 Å². The molecule has 48 heavy (non-hydrogen) atoms. The second-order valence-corrected chi connectivity index (χ2v) is 10.9. The van der Waals surface area contributed by atoms with Gasteiger partial charge >= 0.3 is 23.9 Å². The van der Waals surface area contributed by atoms with Crippen LogP contribution in [0.3, 0.4) is 0 Å². The molecule has 0 rings (SSSR count). The van der Waals surface area contributed by atoms with E-state index < -0.39 is 90.9 Å². The van der Waals surface area contributed by atoms with Crippen LogP contribution in [0.1, 0.15) is 84.0 Å². The first-order valence-electron chi connectivity index (χ1n) is 15.9. The van der Waals surface area contributed by atoms with Crippen molar-refractivity contribution in [1.82, 2.24) is 26.6 Å². The van der Waals surface area contributed by atoms with Gasteiger partial charge in [-0.25, -0.2) is 0 Å². The first-order valence-corrected chi connectivity index (χ1v) is 15.9. The van der Waals surface area contributed by atoms with Crippen molar-refractivity contribution in [2.24, 2.45) is 0 Å². The molecule has 0 aliphatic heterocycles. The summed E-state index contributed by atoms with van der Waals surface area (Å²) >= 11 is 0. The Balaban J connectivity index is 6.00. The highest BCUT2D eigenvalue weighted by Gasteiger charge is 2.31. The number of carboxylic acids is 3. The summed E-state index contributed by atoms with van der Waals surface area (Å²) in [6.07, 6.45) is 0.496. The zero-order valence-electron chi connectivity index (χ0n) is 27.8. The van der Waals surface area contributed by atoms with Crippen LogP contribution in [0, 0.1) is 0 Å². The number of esters is 1. The van der Waals surface area contributed by atoms with Crippen LogP contribution in [0.4, 0.5) is 0 Å². The molecule has 0 radical (unpaired) electrons. The van der Waals surface area contributed by atoms with E-state index in [-0.39, 0.29) is 51.9 Å². The van der Waals surface area contributed by atoms with Crippen molar-refractivity contribution in [3.63, 3.8) is 0 Å². The van der Waals surface area contributed by atoms with Gasteiger partial charge in [0.1, 0.15) is 24.7 Å². The highest BCUT2D eigenvalue weighted by Crippen LogP contribution is 2.08. The Morgan fingerprint density at radius 1 is 0.583 bits per heavy atom. The van der Waals surface area contributed by atoms with Crippen LogP contribution >= 0.6 is 0 Å². The molecule has 0 spiro atoms. The lowest BCUT2D eigenvalue weighted by Crippen LogP contribution is -2.58. The van der Waals surface area contributed by atoms with E-state index in [0.29, 0.717) is 6.42 Å². The van der Waals surface area contributed by atoms with Gasteiger partial charge in [0.25, 0.3) is 0 Å². The molecule has 0 aromatic heterocycles. The number of ether oxygens (including phenoxy) is 2. The molecule has 4 amide bonds. The summed E-state index contributed by atoms with van der Waals surface area (Å²) in [4.78, 5) is 98.4. The quantitative estimate of drug-likeness (QED) is 0.0372. The molecule has 18 nitrogen and oxygen atoms in total. The monoisotopic (exact) mass is 689 g/mol. The maximum absolute atomic E-state index is 13.5. The molecule has 0 fully saturated rings. The zero-order valence-corrected chi connectivity index (χ0v) is 27.8. The van der Waals surface area contributed by atoms with Crippen molar-refractivity contribution < 1.29 is 63.1 Å². The molecule has 4 unspecified atom stereocenters. The fourth-order valence-corrected chi connectivity index (χ4v) is 4.29. The van der Waals surface area contributed by atoms with Crippen molar-refractivity contribution in [1.29, 1.82) is 0 Å². The number of nitrogens with one attached hydrogen (secondary N) is 5. The largest absolute Gasteiger partial charge is 0.481 e. The van der Waals surface area contributed by atoms with E-state index in [2.05, 4.69) is 26.6 Å². The second-order valence-electron chi connectivity index (χ2n) is 10.9. The topological polar surface area (TPSA) is 276 Å². The Morgan fingerprint density at radius 3 is 1.46 bits per heavy atom. The SMILES string of the molecule is CCCCCCNC(=O)C(CCC(=O)O)NC(=O)C(CCC(=O)O)NC(=O)C(CCC(=O)OCCOC)NC(=O)C(CCC(=O)O)NC. The summed E-state index contributed by atoms with van der Waals surface area (Å²) < 4.78 is 9.81. The Bertz CT molecular complexity index is 1070. The van der Waals surface area contributed by atoms with Crippen LogP contribution in [-0.2, 0) is 47.8 Å². The van der Waals surface area contributed by atoms with Crippen molar-refractivity contribution in [2.75, 3.05) is 33.9 Å². The molecular weight excluding hydrogens is 638 g/mol. The van der Waals surface area contributed by atoms with Crippen LogP contribution in [0.5, 0.6) is 0 Å². The molecule has 0 aromatic carbocycles. The molecule has 0 saturated heterocycles. The van der Waals surface area contributed by atoms with E-state index in [9.17, 15) is 43.5 Å². The Kier molecular flexibility index (Phi) is 23.4. The third kappa shape index (κ3) is 20.7. The number of carboxylic acid groups (broad SMARTS) is 3. The van der Waals surface area contributed by atoms with Gasteiger partial charge in [-0.05, 0) is 39.2 Å². The van der Waals surface area contributed by atoms with Crippen LogP contribution in [0.25, 0.3) is 0 Å². The predicted octanol–water partition coefficient (Wildman–Crippen LogP) is -0.710. The number of methoxy groups -OCH3 is 1. The van der Waals surface area contributed by atoms with Gasteiger partial charge in [0.2, 0.25) is 23.6 Å². The van der Waals surface area contributed by atoms with Crippen LogP contribution in [0.15, 0.2) is 0 Å². The Morgan fingerprint density at radius 2 is 1.02 bits per heavy atom. The smallest absolute Gasteiger partial charge is 0.305 e. The maximum Gasteiger partial charge on any atom is 0.305 e. The third-order valence-corrected chi connectivity index (χ3v) is 7.02. The normalized spacial score (nSPS) is 13.2. The first-order chi connectivity index (χ1) is 22.7. The lowest BCUT2D eigenvalue weighted by atomic mass is 10.0. The molecule has 18 heteroatoms. The molecule has 4 atom stereocenters. The number of carbonyl (C=O) groups is 8. The van der Waals surface area contributed by atoms with Gasteiger partial charge in [-0.15, -0.1) is 0 Å². The van der Waals surface area contributed by atoms with E-state index in [1.807, 2.05) is 6.92 Å². The predicted molar refractivity (Wildman–Crippen MR) is 168 cm³/mol. The number of likely N-dealkylation sites (N-methyl/N-ethyl adjacent to an activating group) is 1. The van der Waals surface area contributed by atoms with Gasteiger partial charge in [-0.3, -0.25) is 38.4 Å². The zero-order chi connectivity index (χ0) is 36.5. The van der Waals surface area contributed by atoms with Crippen molar-refractivity contribution in [3.05, 3.63) is 0 Å². The molecule has 0 aliphatic rings. The number of amides is 4. The minimum Gasteiger partial charge on any atom is -0.481 e. The summed E-state index contributed by atoms with van der Waals surface area (Å²) in [6, 6.07) is -5.35. The van der Waals surface area contributed by atoms with Crippen LogP contribution in [0.2, 0.25) is 0 Å². The average molecular weight is 690 g/mol. The molecule has 0 aromatic rings. The number of carbonyl (C=O) groups excluding carboxylic acids is 5. The lowest BCUT2D eigenvalue weighted by molar-refractivity contribution is -0.146. The fourth-order valence-electron chi connectivity index (χ4n) is 4.29. The van der Waals surface area contributed by atoms with Crippen LogP contribution < -0.4 is 26.6 Å². The molecule has 0 bridgehead atoms. The summed E-state index contributed by atoms with van der Waals surface area (Å²) in [6.45, 7) is 2.35. The van der Waals surface area contributed by atoms with Crippen molar-refractivity contribution in [3.8, 4) is 0 Å². The highest BCUT2D eigenvalue weighted by atomic mass is 16.6. The van der Waals surface area contributed by atoms with E-state index >= 15 is 0 Å². The molecular formula is C30H51N5O13. The highest BCUT2D eigenvalue weighted by molar-refractivity contribution is 5.95. The Hall–Kier alpha value is -4.32. The van der Waals surface area contributed by atoms with Crippen molar-refractivity contribution in [2.45, 2.75) is 108 Å². The van der Waals surface area contributed by atoms with Crippen molar-refractivity contribution >= 4 is 47.5 Å². The summed E-state index contributed by atoms with van der Waals surface area (Å²) in [7, 11) is 2.81. The van der Waals surface area contributed by atoms with Gasteiger partial charge in [0.05, 0.1) is 12.6 Å². The molecule has 0 saturated carbocycles. The van der Waals surface area contributed by atoms with E-state index in [1.165, 1.54) is 14.2 Å². The third-order valence-electron chi connectivity index (χ3n) is 7.02.